The summed E-state index contributed by atoms with van der Waals surface area (Å²) in [6.07, 6.45) is 1.31. The van der Waals surface area contributed by atoms with Crippen LogP contribution < -0.4 is 10.6 Å². The Bertz CT molecular complexity index is 1160. The molecule has 2 amide bonds. The van der Waals surface area contributed by atoms with Gasteiger partial charge in [-0.15, -0.1) is 0 Å². The Morgan fingerprint density at radius 3 is 2.61 bits per heavy atom. The first-order chi connectivity index (χ1) is 13.5. The maximum Gasteiger partial charge on any atom is 0.276 e. The molecule has 0 spiro atoms. The summed E-state index contributed by atoms with van der Waals surface area (Å²) in [5.41, 5.74) is 4.29. The summed E-state index contributed by atoms with van der Waals surface area (Å²) in [6, 6.07) is 13.1. The van der Waals surface area contributed by atoms with Crippen LogP contribution in [0.25, 0.3) is 11.0 Å². The second-order valence-electron chi connectivity index (χ2n) is 6.38. The number of aryl methyl sites for hydroxylation is 1. The molecule has 0 saturated heterocycles. The lowest BCUT2D eigenvalue weighted by molar-refractivity contribution is 0.0985. The first-order valence-electron chi connectivity index (χ1n) is 8.70. The molecule has 0 atom stereocenters. The fourth-order valence-electron chi connectivity index (χ4n) is 2.89. The minimum atomic E-state index is -0.511. The van der Waals surface area contributed by atoms with Gasteiger partial charge in [-0.3, -0.25) is 14.9 Å². The zero-order valence-corrected chi connectivity index (χ0v) is 15.3. The van der Waals surface area contributed by atoms with Gasteiger partial charge in [0.1, 0.15) is 5.69 Å². The Balaban J connectivity index is 1.55. The molecule has 2 aromatic carbocycles. The fraction of sp³-hybridized carbons (Fsp3) is 0.100. The van der Waals surface area contributed by atoms with E-state index in [0.717, 1.165) is 22.2 Å². The molecule has 8 nitrogen and oxygen atoms in total. The summed E-state index contributed by atoms with van der Waals surface area (Å²) < 4.78 is 0. The molecule has 0 unspecified atom stereocenters. The first-order valence-corrected chi connectivity index (χ1v) is 8.70. The Morgan fingerprint density at radius 1 is 0.964 bits per heavy atom. The van der Waals surface area contributed by atoms with Crippen LogP contribution in [-0.2, 0) is 0 Å². The molecule has 0 aliphatic heterocycles. The molecule has 0 aliphatic carbocycles. The van der Waals surface area contributed by atoms with Crippen LogP contribution in [0.15, 0.2) is 48.8 Å². The van der Waals surface area contributed by atoms with Gasteiger partial charge in [-0.1, -0.05) is 24.3 Å². The van der Waals surface area contributed by atoms with Crippen molar-refractivity contribution >= 4 is 34.5 Å². The number of hydrogen-bond acceptors (Lipinski definition) is 4. The number of nitrogens with zero attached hydrogens (tertiary/aromatic N) is 2. The van der Waals surface area contributed by atoms with Crippen molar-refractivity contribution in [1.82, 2.24) is 19.9 Å². The summed E-state index contributed by atoms with van der Waals surface area (Å²) in [5, 5.41) is 5.47. The maximum absolute atomic E-state index is 12.7. The number of carbonyl (C=O) groups is 2. The predicted octanol–water partition coefficient (Wildman–Crippen LogP) is 3.41. The van der Waals surface area contributed by atoms with Crippen LogP contribution >= 0.6 is 0 Å². The molecule has 0 bridgehead atoms. The standard InChI is InChI=1S/C20H18N6O2/c1-11-6-5-9-13(12(11)2)23-18(27)16-17(22-10-21-16)19(28)26-20-24-14-7-3-4-8-15(14)25-20/h3-10H,1-2H3,(H,21,22)(H,23,27)(H2,24,25,26,28). The van der Waals surface area contributed by atoms with Gasteiger partial charge in [-0.25, -0.2) is 9.97 Å². The van der Waals surface area contributed by atoms with E-state index in [0.29, 0.717) is 11.6 Å². The van der Waals surface area contributed by atoms with Crippen molar-refractivity contribution in [3.63, 3.8) is 0 Å². The van der Waals surface area contributed by atoms with Crippen molar-refractivity contribution < 1.29 is 9.59 Å². The second kappa shape index (κ2) is 6.99. The minimum absolute atomic E-state index is 0.00881. The molecule has 0 saturated carbocycles. The molecule has 28 heavy (non-hydrogen) atoms. The van der Waals surface area contributed by atoms with Gasteiger partial charge in [-0.05, 0) is 43.2 Å². The number of imidazole rings is 2. The van der Waals surface area contributed by atoms with Crippen LogP contribution in [0.2, 0.25) is 0 Å². The van der Waals surface area contributed by atoms with Crippen LogP contribution in [0.5, 0.6) is 0 Å². The van der Waals surface area contributed by atoms with Crippen molar-refractivity contribution in [3.8, 4) is 0 Å². The van der Waals surface area contributed by atoms with E-state index in [1.807, 2.05) is 50.2 Å². The van der Waals surface area contributed by atoms with Crippen molar-refractivity contribution in [2.75, 3.05) is 10.6 Å². The lowest BCUT2D eigenvalue weighted by atomic mass is 10.1. The van der Waals surface area contributed by atoms with Gasteiger partial charge >= 0.3 is 0 Å². The first kappa shape index (κ1) is 17.5. The number of hydrogen-bond donors (Lipinski definition) is 4. The Hall–Kier alpha value is -3.94. The monoisotopic (exact) mass is 374 g/mol. The topological polar surface area (TPSA) is 116 Å². The molecule has 4 N–H and O–H groups in total. The number of rotatable bonds is 4. The van der Waals surface area contributed by atoms with Crippen LogP contribution in [0.4, 0.5) is 11.6 Å². The molecule has 0 fully saturated rings. The Kier molecular flexibility index (Phi) is 4.36. The third-order valence-corrected chi connectivity index (χ3v) is 4.56. The van der Waals surface area contributed by atoms with Gasteiger partial charge in [0.25, 0.3) is 11.8 Å². The lowest BCUT2D eigenvalue weighted by Crippen LogP contribution is -2.21. The normalized spacial score (nSPS) is 10.8. The maximum atomic E-state index is 12.7. The number of H-pyrrole nitrogens is 2. The van der Waals surface area contributed by atoms with Crippen LogP contribution in [-0.4, -0.2) is 31.8 Å². The smallest absolute Gasteiger partial charge is 0.276 e. The van der Waals surface area contributed by atoms with Crippen LogP contribution in [0.1, 0.15) is 32.1 Å². The Morgan fingerprint density at radius 2 is 1.79 bits per heavy atom. The second-order valence-corrected chi connectivity index (χ2v) is 6.38. The van der Waals surface area contributed by atoms with Gasteiger partial charge in [-0.2, -0.15) is 0 Å². The highest BCUT2D eigenvalue weighted by atomic mass is 16.2. The van der Waals surface area contributed by atoms with E-state index in [-0.39, 0.29) is 11.4 Å². The zero-order chi connectivity index (χ0) is 19.7. The largest absolute Gasteiger partial charge is 0.340 e. The average Bonchev–Trinajstić information content (AvgIpc) is 3.31. The predicted molar refractivity (Wildman–Crippen MR) is 107 cm³/mol. The average molecular weight is 374 g/mol. The van der Waals surface area contributed by atoms with E-state index in [4.69, 9.17) is 0 Å². The number of nitrogens with one attached hydrogen (secondary N) is 4. The summed E-state index contributed by atoms with van der Waals surface area (Å²) >= 11 is 0. The molecule has 0 aliphatic rings. The van der Waals surface area contributed by atoms with Crippen molar-refractivity contribution in [2.24, 2.45) is 0 Å². The number of benzene rings is 2. The summed E-state index contributed by atoms with van der Waals surface area (Å²) in [4.78, 5) is 39.3. The Labute approximate surface area is 160 Å². The third kappa shape index (κ3) is 3.23. The van der Waals surface area contributed by atoms with Gasteiger partial charge in [0.2, 0.25) is 5.95 Å². The van der Waals surface area contributed by atoms with Gasteiger partial charge < -0.3 is 15.3 Å². The molecule has 0 radical (unpaired) electrons. The van der Waals surface area contributed by atoms with Crippen molar-refractivity contribution in [3.05, 3.63) is 71.3 Å². The van der Waals surface area contributed by atoms with E-state index < -0.39 is 11.8 Å². The SMILES string of the molecule is Cc1cccc(NC(=O)c2nc[nH]c2C(=O)Nc2nc3ccccc3[nH]2)c1C. The number of amides is 2. The number of fused-ring (bicyclic) bond motifs is 1. The molecular formula is C20H18N6O2. The highest BCUT2D eigenvalue weighted by molar-refractivity contribution is 6.13. The van der Waals surface area contributed by atoms with Gasteiger partial charge in [0.05, 0.1) is 17.4 Å². The molecule has 4 rings (SSSR count). The summed E-state index contributed by atoms with van der Waals surface area (Å²) in [7, 11) is 0. The molecular weight excluding hydrogens is 356 g/mol. The number of para-hydroxylation sites is 2. The highest BCUT2D eigenvalue weighted by Gasteiger charge is 2.22. The van der Waals surface area contributed by atoms with Crippen molar-refractivity contribution in [2.45, 2.75) is 13.8 Å². The zero-order valence-electron chi connectivity index (χ0n) is 15.3. The van der Waals surface area contributed by atoms with E-state index in [9.17, 15) is 9.59 Å². The van der Waals surface area contributed by atoms with Gasteiger partial charge in [0, 0.05) is 5.69 Å². The van der Waals surface area contributed by atoms with E-state index >= 15 is 0 Å². The molecule has 2 aromatic heterocycles. The summed E-state index contributed by atoms with van der Waals surface area (Å²) in [6.45, 7) is 3.89. The molecule has 8 heteroatoms. The van der Waals surface area contributed by atoms with Crippen LogP contribution in [0.3, 0.4) is 0 Å². The fourth-order valence-corrected chi connectivity index (χ4v) is 2.89. The quantitative estimate of drug-likeness (QED) is 0.438. The molecule has 4 aromatic rings. The lowest BCUT2D eigenvalue weighted by Gasteiger charge is -2.10. The highest BCUT2D eigenvalue weighted by Crippen LogP contribution is 2.19. The number of aromatic nitrogens is 4. The molecule has 2 heterocycles. The minimum Gasteiger partial charge on any atom is -0.340 e. The van der Waals surface area contributed by atoms with E-state index in [1.54, 1.807) is 6.07 Å². The van der Waals surface area contributed by atoms with E-state index in [2.05, 4.69) is 30.6 Å². The van der Waals surface area contributed by atoms with E-state index in [1.165, 1.54) is 6.33 Å². The third-order valence-electron chi connectivity index (χ3n) is 4.56. The molecule has 140 valence electrons. The number of carbonyl (C=O) groups excluding carboxylic acids is 2. The summed E-state index contributed by atoms with van der Waals surface area (Å²) in [5.74, 6) is -0.686. The number of anilines is 2. The number of aromatic amines is 2. The van der Waals surface area contributed by atoms with Gasteiger partial charge in [0.15, 0.2) is 5.69 Å². The van der Waals surface area contributed by atoms with Crippen molar-refractivity contribution in [1.29, 1.82) is 0 Å². The van der Waals surface area contributed by atoms with Crippen LogP contribution in [0, 0.1) is 13.8 Å².